The number of hydrazone groups is 1. The van der Waals surface area contributed by atoms with Crippen LogP contribution in [0.4, 0.5) is 10.8 Å². The van der Waals surface area contributed by atoms with Crippen molar-refractivity contribution >= 4 is 74.8 Å². The maximum atomic E-state index is 12.0. The summed E-state index contributed by atoms with van der Waals surface area (Å²) in [6, 6.07) is 4.88. The number of nitrogens with zero attached hydrogens (tertiary/aromatic N) is 3. The molecule has 0 aliphatic rings. The highest BCUT2D eigenvalue weighted by molar-refractivity contribution is 7.80. The third kappa shape index (κ3) is 4.61. The summed E-state index contributed by atoms with van der Waals surface area (Å²) in [7, 11) is 0. The number of aromatic nitrogens is 1. The molecule has 2 aromatic rings. The fourth-order valence-electron chi connectivity index (χ4n) is 1.67. The molecule has 0 aliphatic heterocycles. The van der Waals surface area contributed by atoms with E-state index >= 15 is 0 Å². The Morgan fingerprint density at radius 1 is 1.52 bits per heavy atom. The summed E-state index contributed by atoms with van der Waals surface area (Å²) in [5.74, 6) is -0.228. The van der Waals surface area contributed by atoms with Gasteiger partial charge in [-0.3, -0.25) is 15.1 Å². The van der Waals surface area contributed by atoms with E-state index in [9.17, 15) is 4.79 Å². The van der Waals surface area contributed by atoms with E-state index in [2.05, 4.69) is 27.7 Å². The molecule has 2 rings (SSSR count). The van der Waals surface area contributed by atoms with Gasteiger partial charge in [-0.05, 0) is 30.4 Å². The lowest BCUT2D eigenvalue weighted by Crippen LogP contribution is -2.24. The zero-order valence-electron chi connectivity index (χ0n) is 11.8. The third-order valence-electron chi connectivity index (χ3n) is 2.54. The van der Waals surface area contributed by atoms with Crippen molar-refractivity contribution in [2.75, 3.05) is 4.90 Å². The zero-order valence-corrected chi connectivity index (χ0v) is 14.9. The normalized spacial score (nSPS) is 10.7. The van der Waals surface area contributed by atoms with E-state index in [0.29, 0.717) is 26.6 Å². The van der Waals surface area contributed by atoms with Crippen LogP contribution in [0.3, 0.4) is 0 Å². The Balaban J connectivity index is 2.32. The molecule has 1 heterocycles. The summed E-state index contributed by atoms with van der Waals surface area (Å²) in [4.78, 5) is 17.7. The van der Waals surface area contributed by atoms with Gasteiger partial charge in [-0.2, -0.15) is 5.10 Å². The number of hydrogen-bond donors (Lipinski definition) is 2. The molecule has 0 fully saturated rings. The second-order valence-corrected chi connectivity index (χ2v) is 6.36. The molecule has 0 saturated carbocycles. The molecular formula is C13H11Cl2N5OS2. The van der Waals surface area contributed by atoms with Crippen LogP contribution in [0.2, 0.25) is 10.0 Å². The number of amides is 1. The molecule has 0 unspecified atom stereocenters. The Hall–Kier alpha value is -1.74. The van der Waals surface area contributed by atoms with Gasteiger partial charge in [0, 0.05) is 17.3 Å². The molecule has 0 aliphatic carbocycles. The molecule has 23 heavy (non-hydrogen) atoms. The first-order valence-corrected chi connectivity index (χ1v) is 8.22. The lowest BCUT2D eigenvalue weighted by Gasteiger charge is -2.19. The van der Waals surface area contributed by atoms with Crippen molar-refractivity contribution in [2.45, 2.75) is 6.92 Å². The number of nitrogens with one attached hydrogen (secondary N) is 1. The Labute approximate surface area is 151 Å². The quantitative estimate of drug-likeness (QED) is 0.477. The molecule has 0 spiro atoms. The Morgan fingerprint density at radius 2 is 2.26 bits per heavy atom. The number of carbonyl (C=O) groups is 1. The molecule has 120 valence electrons. The van der Waals surface area contributed by atoms with Crippen LogP contribution in [0.15, 0.2) is 28.7 Å². The van der Waals surface area contributed by atoms with Crippen LogP contribution < -0.4 is 16.1 Å². The predicted octanol–water partition coefficient (Wildman–Crippen LogP) is 3.30. The number of carbonyl (C=O) groups excluding carboxylic acids is 1. The van der Waals surface area contributed by atoms with E-state index in [1.807, 2.05) is 0 Å². The van der Waals surface area contributed by atoms with Gasteiger partial charge >= 0.3 is 0 Å². The Kier molecular flexibility index (Phi) is 5.89. The van der Waals surface area contributed by atoms with Crippen molar-refractivity contribution in [1.29, 1.82) is 0 Å². The summed E-state index contributed by atoms with van der Waals surface area (Å²) in [6.45, 7) is 1.43. The minimum absolute atomic E-state index is 0.0509. The van der Waals surface area contributed by atoms with Crippen LogP contribution in [0.1, 0.15) is 12.6 Å². The number of anilines is 2. The van der Waals surface area contributed by atoms with Crippen molar-refractivity contribution in [3.05, 3.63) is 39.3 Å². The lowest BCUT2D eigenvalue weighted by atomic mass is 10.3. The fourth-order valence-corrected chi connectivity index (χ4v) is 3.05. The molecule has 0 saturated heterocycles. The molecule has 1 aromatic heterocycles. The number of thiazole rings is 1. The van der Waals surface area contributed by atoms with Crippen molar-refractivity contribution < 1.29 is 4.79 Å². The van der Waals surface area contributed by atoms with E-state index < -0.39 is 0 Å². The zero-order chi connectivity index (χ0) is 17.0. The van der Waals surface area contributed by atoms with Crippen LogP contribution >= 0.6 is 46.8 Å². The van der Waals surface area contributed by atoms with Crippen LogP contribution in [0.25, 0.3) is 0 Å². The van der Waals surface area contributed by atoms with Crippen LogP contribution in [0.5, 0.6) is 0 Å². The number of thiocarbonyl (C=S) groups is 1. The maximum absolute atomic E-state index is 12.0. The number of nitrogens with two attached hydrogens (primary N) is 1. The first-order valence-electron chi connectivity index (χ1n) is 6.18. The smallest absolute Gasteiger partial charge is 0.230 e. The van der Waals surface area contributed by atoms with Gasteiger partial charge in [0.1, 0.15) is 0 Å². The Bertz CT molecular complexity index is 777. The van der Waals surface area contributed by atoms with Gasteiger partial charge in [-0.25, -0.2) is 4.98 Å². The molecule has 10 heteroatoms. The van der Waals surface area contributed by atoms with Gasteiger partial charge < -0.3 is 5.73 Å². The van der Waals surface area contributed by atoms with Gasteiger partial charge in [0.15, 0.2) is 10.2 Å². The minimum atomic E-state index is -0.228. The average molecular weight is 388 g/mol. The molecule has 3 N–H and O–H groups in total. The van der Waals surface area contributed by atoms with Gasteiger partial charge in [0.05, 0.1) is 22.6 Å². The molecule has 0 bridgehead atoms. The van der Waals surface area contributed by atoms with E-state index in [-0.39, 0.29) is 11.0 Å². The van der Waals surface area contributed by atoms with Gasteiger partial charge in [0.2, 0.25) is 5.91 Å². The van der Waals surface area contributed by atoms with Crippen molar-refractivity contribution in [2.24, 2.45) is 10.8 Å². The van der Waals surface area contributed by atoms with Crippen molar-refractivity contribution in [1.82, 2.24) is 10.4 Å². The lowest BCUT2D eigenvalue weighted by molar-refractivity contribution is -0.115. The molecule has 6 nitrogen and oxygen atoms in total. The van der Waals surface area contributed by atoms with Gasteiger partial charge in [-0.1, -0.05) is 23.2 Å². The number of benzene rings is 1. The molecule has 1 amide bonds. The average Bonchev–Trinajstić information content (AvgIpc) is 2.89. The van der Waals surface area contributed by atoms with E-state index in [4.69, 9.17) is 28.9 Å². The van der Waals surface area contributed by atoms with Gasteiger partial charge in [-0.15, -0.1) is 11.3 Å². The maximum Gasteiger partial charge on any atom is 0.230 e. The van der Waals surface area contributed by atoms with E-state index in [0.717, 1.165) is 0 Å². The monoisotopic (exact) mass is 387 g/mol. The minimum Gasteiger partial charge on any atom is -0.375 e. The van der Waals surface area contributed by atoms with Crippen LogP contribution in [-0.2, 0) is 4.79 Å². The Morgan fingerprint density at radius 3 is 2.87 bits per heavy atom. The second kappa shape index (κ2) is 7.69. The first-order chi connectivity index (χ1) is 10.9. The van der Waals surface area contributed by atoms with E-state index in [1.54, 1.807) is 23.6 Å². The third-order valence-corrected chi connectivity index (χ3v) is 4.01. The molecule has 0 atom stereocenters. The number of halogens is 2. The number of rotatable bonds is 4. The van der Waals surface area contributed by atoms with E-state index in [1.165, 1.54) is 29.4 Å². The predicted molar refractivity (Wildman–Crippen MR) is 98.9 cm³/mol. The van der Waals surface area contributed by atoms with Crippen molar-refractivity contribution in [3.8, 4) is 0 Å². The van der Waals surface area contributed by atoms with Crippen molar-refractivity contribution in [3.63, 3.8) is 0 Å². The number of hydrogen-bond acceptors (Lipinski definition) is 5. The highest BCUT2D eigenvalue weighted by atomic mass is 35.5. The fraction of sp³-hybridized carbons (Fsp3) is 0.0769. The highest BCUT2D eigenvalue weighted by Crippen LogP contribution is 2.35. The van der Waals surface area contributed by atoms with Crippen LogP contribution in [-0.4, -0.2) is 22.2 Å². The molecule has 1 aromatic carbocycles. The first kappa shape index (κ1) is 17.6. The summed E-state index contributed by atoms with van der Waals surface area (Å²) in [5, 5.41) is 6.90. The summed E-state index contributed by atoms with van der Waals surface area (Å²) < 4.78 is 0. The molecular weight excluding hydrogens is 377 g/mol. The molecule has 0 radical (unpaired) electrons. The largest absolute Gasteiger partial charge is 0.375 e. The van der Waals surface area contributed by atoms with Crippen LogP contribution in [0, 0.1) is 0 Å². The standard InChI is InChI=1S/C13H11Cl2N5OS2/c1-7(21)20(11-3-2-8(14)4-10(11)15)13-18-9(6-23-13)5-17-19-12(16)22/h2-6H,1H3,(H3,16,19,22)/b17-5+. The second-order valence-electron chi connectivity index (χ2n) is 4.24. The summed E-state index contributed by atoms with van der Waals surface area (Å²) in [6.07, 6.45) is 1.45. The van der Waals surface area contributed by atoms with Gasteiger partial charge in [0.25, 0.3) is 0 Å². The summed E-state index contributed by atoms with van der Waals surface area (Å²) >= 11 is 18.0. The SMILES string of the molecule is CC(=O)N(c1nc(/C=N/NC(N)=S)cs1)c1ccc(Cl)cc1Cl. The summed E-state index contributed by atoms with van der Waals surface area (Å²) in [5.41, 5.74) is 8.74. The topological polar surface area (TPSA) is 83.6 Å². The highest BCUT2D eigenvalue weighted by Gasteiger charge is 2.20.